The van der Waals surface area contributed by atoms with Gasteiger partial charge in [-0.3, -0.25) is 19.7 Å². The molecule has 0 fully saturated rings. The second-order valence-electron chi connectivity index (χ2n) is 7.61. The van der Waals surface area contributed by atoms with E-state index in [1.54, 1.807) is 56.4 Å². The number of rotatable bonds is 8. The number of carbonyl (C=O) groups excluding carboxylic acids is 2. The van der Waals surface area contributed by atoms with Crippen molar-refractivity contribution in [2.45, 2.75) is 13.3 Å². The van der Waals surface area contributed by atoms with Crippen molar-refractivity contribution in [3.63, 3.8) is 0 Å². The Morgan fingerprint density at radius 3 is 2.64 bits per heavy atom. The molecule has 0 saturated heterocycles. The van der Waals surface area contributed by atoms with Crippen LogP contribution >= 0.6 is 35.4 Å². The molecule has 0 aliphatic carbocycles. The number of aromatic nitrogens is 2. The normalized spacial score (nSPS) is 11.2. The Kier molecular flexibility index (Phi) is 8.86. The van der Waals surface area contributed by atoms with Crippen molar-refractivity contribution in [2.75, 3.05) is 11.9 Å². The van der Waals surface area contributed by atoms with Crippen molar-refractivity contribution in [3.05, 3.63) is 63.8 Å². The van der Waals surface area contributed by atoms with Gasteiger partial charge in [0.25, 0.3) is 5.91 Å². The zero-order valence-electron chi connectivity index (χ0n) is 19.3. The van der Waals surface area contributed by atoms with Crippen LogP contribution < -0.4 is 21.8 Å². The lowest BCUT2D eigenvalue weighted by molar-refractivity contribution is -0.117. The zero-order valence-corrected chi connectivity index (χ0v) is 21.6. The van der Waals surface area contributed by atoms with Crippen molar-refractivity contribution in [1.82, 2.24) is 20.5 Å². The summed E-state index contributed by atoms with van der Waals surface area (Å²) >= 11 is 17.4. The number of carbonyl (C=O) groups is 2. The maximum atomic E-state index is 12.2. The second kappa shape index (κ2) is 11.8. The van der Waals surface area contributed by atoms with E-state index in [2.05, 4.69) is 26.3 Å². The Balaban J connectivity index is 1.67. The molecule has 188 valence electrons. The predicted octanol–water partition coefficient (Wildman–Crippen LogP) is 3.42. The topological polar surface area (TPSA) is 147 Å². The first-order valence-electron chi connectivity index (χ1n) is 10.6. The van der Waals surface area contributed by atoms with Crippen molar-refractivity contribution in [2.24, 2.45) is 17.9 Å². The summed E-state index contributed by atoms with van der Waals surface area (Å²) < 4.78 is 1.51. The molecule has 0 aliphatic rings. The van der Waals surface area contributed by atoms with Crippen LogP contribution in [0.15, 0.2) is 47.6 Å². The van der Waals surface area contributed by atoms with Crippen molar-refractivity contribution < 1.29 is 14.7 Å². The number of halogens is 2. The van der Waals surface area contributed by atoms with Gasteiger partial charge in [0, 0.05) is 36.8 Å². The van der Waals surface area contributed by atoms with Crippen molar-refractivity contribution in [3.8, 4) is 17.0 Å². The summed E-state index contributed by atoms with van der Waals surface area (Å²) in [6.07, 6.45) is 0.0514. The van der Waals surface area contributed by atoms with E-state index in [0.29, 0.717) is 38.3 Å². The van der Waals surface area contributed by atoms with E-state index in [1.807, 2.05) is 0 Å². The average Bonchev–Trinajstić information content (AvgIpc) is 3.13. The largest absolute Gasteiger partial charge is 0.504 e. The monoisotopic (exact) mass is 547 g/mol. The van der Waals surface area contributed by atoms with Gasteiger partial charge in [-0.05, 0) is 49.5 Å². The molecule has 0 bridgehead atoms. The Bertz CT molecular complexity index is 1360. The van der Waals surface area contributed by atoms with Gasteiger partial charge >= 0.3 is 0 Å². The highest BCUT2D eigenvalue weighted by atomic mass is 35.5. The third kappa shape index (κ3) is 6.72. The molecule has 1 heterocycles. The number of nitrogens with zero attached hydrogens (tertiary/aromatic N) is 3. The van der Waals surface area contributed by atoms with Gasteiger partial charge in [-0.15, -0.1) is 0 Å². The smallest absolute Gasteiger partial charge is 0.251 e. The van der Waals surface area contributed by atoms with Gasteiger partial charge in [-0.1, -0.05) is 35.3 Å². The summed E-state index contributed by atoms with van der Waals surface area (Å²) in [5, 5.41) is 25.8. The summed E-state index contributed by atoms with van der Waals surface area (Å²) in [4.78, 5) is 23.0. The quantitative estimate of drug-likeness (QED) is 0.165. The van der Waals surface area contributed by atoms with Crippen LogP contribution in [0.3, 0.4) is 0 Å². The molecule has 3 aromatic rings. The molecular formula is C23H23Cl2N7O3S. The van der Waals surface area contributed by atoms with E-state index in [9.17, 15) is 14.7 Å². The number of amides is 2. The van der Waals surface area contributed by atoms with Crippen LogP contribution in [0.2, 0.25) is 10.0 Å². The van der Waals surface area contributed by atoms with Crippen LogP contribution in [0.4, 0.5) is 5.69 Å². The SMILES string of the molecule is C/C(=N\NC(=S)Nc1cccc(C(=O)NCCC(N)=O)c1)c1nn(C)c(-c2ccc(Cl)c(Cl)c2)c1O. The lowest BCUT2D eigenvalue weighted by Crippen LogP contribution is -2.28. The van der Waals surface area contributed by atoms with E-state index in [-0.39, 0.29) is 35.4 Å². The van der Waals surface area contributed by atoms with Crippen LogP contribution in [-0.2, 0) is 11.8 Å². The molecule has 0 unspecified atom stereocenters. The molecular weight excluding hydrogens is 525 g/mol. The van der Waals surface area contributed by atoms with Crippen LogP contribution in [0.1, 0.15) is 29.4 Å². The number of aryl methyl sites for hydroxylation is 1. The molecule has 36 heavy (non-hydrogen) atoms. The minimum Gasteiger partial charge on any atom is -0.504 e. The third-order valence-electron chi connectivity index (χ3n) is 4.92. The highest BCUT2D eigenvalue weighted by Gasteiger charge is 2.20. The van der Waals surface area contributed by atoms with Crippen LogP contribution in [0.5, 0.6) is 5.75 Å². The average molecular weight is 548 g/mol. The second-order valence-corrected chi connectivity index (χ2v) is 8.84. The summed E-state index contributed by atoms with van der Waals surface area (Å²) in [5.41, 5.74) is 10.4. The molecule has 2 amide bonds. The number of primary amides is 1. The number of hydrogen-bond donors (Lipinski definition) is 5. The molecule has 0 atom stereocenters. The molecule has 6 N–H and O–H groups in total. The first kappa shape index (κ1) is 26.9. The first-order chi connectivity index (χ1) is 17.1. The Hall–Kier alpha value is -3.67. The van der Waals surface area contributed by atoms with Crippen molar-refractivity contribution >= 4 is 63.7 Å². The number of thiocarbonyl (C=S) groups is 1. The van der Waals surface area contributed by atoms with Gasteiger partial charge in [-0.25, -0.2) is 0 Å². The van der Waals surface area contributed by atoms with Gasteiger partial charge < -0.3 is 21.5 Å². The number of nitrogens with two attached hydrogens (primary N) is 1. The molecule has 0 aliphatic heterocycles. The van der Waals surface area contributed by atoms with Crippen LogP contribution in [-0.4, -0.2) is 44.1 Å². The van der Waals surface area contributed by atoms with Gasteiger partial charge in [0.2, 0.25) is 5.91 Å². The highest BCUT2D eigenvalue weighted by molar-refractivity contribution is 7.80. The molecule has 1 aromatic heterocycles. The van der Waals surface area contributed by atoms with Crippen LogP contribution in [0.25, 0.3) is 11.3 Å². The van der Waals surface area contributed by atoms with Gasteiger partial charge in [0.05, 0.1) is 15.8 Å². The molecule has 0 radical (unpaired) electrons. The number of hydrogen-bond acceptors (Lipinski definition) is 6. The predicted molar refractivity (Wildman–Crippen MR) is 144 cm³/mol. The summed E-state index contributed by atoms with van der Waals surface area (Å²) in [6, 6.07) is 11.6. The maximum absolute atomic E-state index is 12.2. The first-order valence-corrected chi connectivity index (χ1v) is 11.7. The van der Waals surface area contributed by atoms with E-state index >= 15 is 0 Å². The highest BCUT2D eigenvalue weighted by Crippen LogP contribution is 2.35. The molecule has 10 nitrogen and oxygen atoms in total. The lowest BCUT2D eigenvalue weighted by atomic mass is 10.1. The fourth-order valence-electron chi connectivity index (χ4n) is 3.21. The molecule has 3 rings (SSSR count). The number of aromatic hydroxyl groups is 1. The van der Waals surface area contributed by atoms with Gasteiger partial charge in [-0.2, -0.15) is 10.2 Å². The molecule has 0 spiro atoms. The number of hydrazone groups is 1. The fourth-order valence-corrected chi connectivity index (χ4v) is 3.67. The number of anilines is 1. The van der Waals surface area contributed by atoms with Gasteiger partial charge in [0.15, 0.2) is 16.6 Å². The van der Waals surface area contributed by atoms with Crippen LogP contribution in [0, 0.1) is 0 Å². The molecule has 2 aromatic carbocycles. The Morgan fingerprint density at radius 1 is 1.19 bits per heavy atom. The van der Waals surface area contributed by atoms with E-state index < -0.39 is 5.91 Å². The third-order valence-corrected chi connectivity index (χ3v) is 5.86. The summed E-state index contributed by atoms with van der Waals surface area (Å²) in [7, 11) is 1.69. The Labute approximate surface area is 222 Å². The number of benzene rings is 2. The van der Waals surface area contributed by atoms with Crippen molar-refractivity contribution in [1.29, 1.82) is 0 Å². The molecule has 0 saturated carbocycles. The van der Waals surface area contributed by atoms with E-state index in [1.165, 1.54) is 4.68 Å². The van der Waals surface area contributed by atoms with Gasteiger partial charge in [0.1, 0.15) is 5.69 Å². The minimum absolute atomic E-state index is 0.0514. The summed E-state index contributed by atoms with van der Waals surface area (Å²) in [5.74, 6) is -0.925. The maximum Gasteiger partial charge on any atom is 0.251 e. The number of nitrogens with one attached hydrogen (secondary N) is 3. The summed E-state index contributed by atoms with van der Waals surface area (Å²) in [6.45, 7) is 1.81. The minimum atomic E-state index is -0.498. The zero-order chi connectivity index (χ0) is 26.4. The fraction of sp³-hybridized carbons (Fsp3) is 0.174. The Morgan fingerprint density at radius 2 is 1.94 bits per heavy atom. The lowest BCUT2D eigenvalue weighted by Gasteiger charge is -2.10. The van der Waals surface area contributed by atoms with E-state index in [4.69, 9.17) is 41.2 Å². The standard InChI is InChI=1S/C23H23Cl2N7O3S/c1-12(19-21(34)20(32(2)31-19)13-6-7-16(24)17(25)11-13)29-30-23(36)28-15-5-3-4-14(10-15)22(35)27-9-8-18(26)33/h3-7,10-11,34H,8-9H2,1-2H3,(H2,26,33)(H,27,35)(H2,28,30,36)/b29-12+. The van der Waals surface area contributed by atoms with E-state index in [0.717, 1.165) is 0 Å². The molecule has 13 heteroatoms.